The van der Waals surface area contributed by atoms with Crippen molar-refractivity contribution in [3.8, 4) is 11.5 Å². The van der Waals surface area contributed by atoms with E-state index in [1.54, 1.807) is 31.2 Å². The number of carbonyl (C=O) groups is 3. The number of nitrogens with zero attached hydrogens (tertiary/aromatic N) is 1. The maximum absolute atomic E-state index is 12.5. The fourth-order valence-electron chi connectivity index (χ4n) is 3.37. The Hall–Kier alpha value is -3.26. The molecule has 0 aliphatic carbocycles. The van der Waals surface area contributed by atoms with Crippen molar-refractivity contribution >= 4 is 40.6 Å². The molecule has 0 saturated carbocycles. The van der Waals surface area contributed by atoms with Crippen molar-refractivity contribution in [2.24, 2.45) is 0 Å². The van der Waals surface area contributed by atoms with E-state index < -0.39 is 0 Å². The van der Waals surface area contributed by atoms with Crippen LogP contribution in [0.3, 0.4) is 0 Å². The first-order valence-corrected chi connectivity index (χ1v) is 11.7. The van der Waals surface area contributed by atoms with Crippen molar-refractivity contribution in [2.75, 3.05) is 25.1 Å². The zero-order chi connectivity index (χ0) is 24.0. The molecule has 1 heterocycles. The van der Waals surface area contributed by atoms with Gasteiger partial charge in [0.05, 0.1) is 11.5 Å². The van der Waals surface area contributed by atoms with Gasteiger partial charge in [0.25, 0.3) is 17.1 Å². The van der Waals surface area contributed by atoms with Crippen LogP contribution in [0.5, 0.6) is 11.5 Å². The van der Waals surface area contributed by atoms with E-state index in [0.717, 1.165) is 23.0 Å². The minimum atomic E-state index is -0.302. The molecular weight excluding hydrogens is 440 g/mol. The number of benzene rings is 2. The summed E-state index contributed by atoms with van der Waals surface area (Å²) in [6, 6.07) is 12.9. The second-order valence-corrected chi connectivity index (χ2v) is 8.64. The van der Waals surface area contributed by atoms with Crippen molar-refractivity contribution in [1.82, 2.24) is 4.90 Å². The molecule has 174 valence electrons. The Morgan fingerprint density at radius 1 is 1.09 bits per heavy atom. The van der Waals surface area contributed by atoms with Crippen LogP contribution in [0.4, 0.5) is 10.5 Å². The summed E-state index contributed by atoms with van der Waals surface area (Å²) in [6.07, 6.45) is 1.66. The number of carbonyl (C=O) groups excluding carboxylic acids is 3. The van der Waals surface area contributed by atoms with Crippen LogP contribution in [0, 0.1) is 0 Å². The van der Waals surface area contributed by atoms with Crippen molar-refractivity contribution in [3.63, 3.8) is 0 Å². The van der Waals surface area contributed by atoms with E-state index in [-0.39, 0.29) is 29.6 Å². The molecule has 0 atom stereocenters. The standard InChI is InChI=1S/C25H28N2O5S/c1-5-27-24(29)22(33-25(27)30)14-17-11-12-20(21(13-17)31-6-2)32-15-23(28)26-19-10-8-7-9-18(19)16(3)4/h7-14,16H,5-6,15H2,1-4H3,(H,26,28)/b22-14+. The van der Waals surface area contributed by atoms with Gasteiger partial charge in [-0.1, -0.05) is 38.1 Å². The van der Waals surface area contributed by atoms with Gasteiger partial charge in [-0.15, -0.1) is 0 Å². The Morgan fingerprint density at radius 3 is 2.52 bits per heavy atom. The minimum Gasteiger partial charge on any atom is -0.490 e. The highest BCUT2D eigenvalue weighted by Crippen LogP contribution is 2.34. The van der Waals surface area contributed by atoms with Crippen molar-refractivity contribution in [1.29, 1.82) is 0 Å². The monoisotopic (exact) mass is 468 g/mol. The van der Waals surface area contributed by atoms with Gasteiger partial charge in [-0.25, -0.2) is 0 Å². The van der Waals surface area contributed by atoms with Gasteiger partial charge < -0.3 is 14.8 Å². The van der Waals surface area contributed by atoms with Gasteiger partial charge in [0.1, 0.15) is 0 Å². The molecule has 0 aromatic heterocycles. The summed E-state index contributed by atoms with van der Waals surface area (Å²) in [5.74, 6) is 0.574. The fourth-order valence-corrected chi connectivity index (χ4v) is 4.27. The van der Waals surface area contributed by atoms with Crippen molar-refractivity contribution < 1.29 is 23.9 Å². The third kappa shape index (κ3) is 5.96. The van der Waals surface area contributed by atoms with Gasteiger partial charge in [-0.3, -0.25) is 19.3 Å². The van der Waals surface area contributed by atoms with Gasteiger partial charge in [-0.05, 0) is 66.9 Å². The lowest BCUT2D eigenvalue weighted by atomic mass is 10.0. The number of thioether (sulfide) groups is 1. The lowest BCUT2D eigenvalue weighted by Gasteiger charge is -2.15. The Bertz CT molecular complexity index is 1080. The highest BCUT2D eigenvalue weighted by atomic mass is 32.2. The predicted molar refractivity (Wildman–Crippen MR) is 131 cm³/mol. The van der Waals surface area contributed by atoms with E-state index in [1.807, 2.05) is 31.2 Å². The van der Waals surface area contributed by atoms with E-state index in [2.05, 4.69) is 19.2 Å². The molecule has 3 rings (SSSR count). The molecule has 2 aromatic rings. The van der Waals surface area contributed by atoms with Crippen LogP contribution in [-0.4, -0.2) is 41.7 Å². The number of hydrogen-bond acceptors (Lipinski definition) is 6. The molecule has 0 radical (unpaired) electrons. The lowest BCUT2D eigenvalue weighted by molar-refractivity contribution is -0.122. The zero-order valence-corrected chi connectivity index (χ0v) is 20.0. The number of amides is 3. The molecule has 0 spiro atoms. The van der Waals surface area contributed by atoms with E-state index in [9.17, 15) is 14.4 Å². The molecule has 1 saturated heterocycles. The Morgan fingerprint density at radius 2 is 1.85 bits per heavy atom. The van der Waals surface area contributed by atoms with Crippen LogP contribution in [0.25, 0.3) is 6.08 Å². The predicted octanol–water partition coefficient (Wildman–Crippen LogP) is 5.28. The van der Waals surface area contributed by atoms with Gasteiger partial charge in [0.15, 0.2) is 18.1 Å². The summed E-state index contributed by atoms with van der Waals surface area (Å²) in [5, 5.41) is 2.63. The molecule has 2 aromatic carbocycles. The summed E-state index contributed by atoms with van der Waals surface area (Å²) in [5.41, 5.74) is 2.52. The van der Waals surface area contributed by atoms with Crippen LogP contribution in [0.15, 0.2) is 47.4 Å². The van der Waals surface area contributed by atoms with Gasteiger partial charge in [0.2, 0.25) is 0 Å². The number of likely N-dealkylation sites (N-methyl/N-ethyl adjacent to an activating group) is 1. The normalized spacial score (nSPS) is 14.8. The maximum Gasteiger partial charge on any atom is 0.293 e. The number of anilines is 1. The molecule has 1 aliphatic heterocycles. The van der Waals surface area contributed by atoms with Crippen LogP contribution < -0.4 is 14.8 Å². The highest BCUT2D eigenvalue weighted by Gasteiger charge is 2.33. The van der Waals surface area contributed by atoms with Crippen LogP contribution in [0.2, 0.25) is 0 Å². The first-order chi connectivity index (χ1) is 15.8. The second-order valence-electron chi connectivity index (χ2n) is 7.64. The molecule has 3 amide bonds. The molecule has 8 heteroatoms. The van der Waals surface area contributed by atoms with Crippen molar-refractivity contribution in [2.45, 2.75) is 33.6 Å². The summed E-state index contributed by atoms with van der Waals surface area (Å²) in [6.45, 7) is 8.30. The van der Waals surface area contributed by atoms with E-state index in [0.29, 0.717) is 35.1 Å². The van der Waals surface area contributed by atoms with E-state index in [1.165, 1.54) is 4.90 Å². The van der Waals surface area contributed by atoms with Gasteiger partial charge in [0, 0.05) is 12.2 Å². The fraction of sp³-hybridized carbons (Fsp3) is 0.320. The number of imide groups is 1. The Labute approximate surface area is 198 Å². The number of hydrogen-bond donors (Lipinski definition) is 1. The largest absolute Gasteiger partial charge is 0.490 e. The third-order valence-electron chi connectivity index (χ3n) is 4.97. The van der Waals surface area contributed by atoms with E-state index >= 15 is 0 Å². The van der Waals surface area contributed by atoms with Crippen LogP contribution in [-0.2, 0) is 9.59 Å². The minimum absolute atomic E-state index is 0.179. The molecule has 0 unspecified atom stereocenters. The third-order valence-corrected chi connectivity index (χ3v) is 5.88. The van der Waals surface area contributed by atoms with Crippen molar-refractivity contribution in [3.05, 3.63) is 58.5 Å². The van der Waals surface area contributed by atoms with E-state index in [4.69, 9.17) is 9.47 Å². The lowest BCUT2D eigenvalue weighted by Crippen LogP contribution is -2.27. The summed E-state index contributed by atoms with van der Waals surface area (Å²) in [7, 11) is 0. The topological polar surface area (TPSA) is 84.9 Å². The molecule has 7 nitrogen and oxygen atoms in total. The zero-order valence-electron chi connectivity index (χ0n) is 19.2. The second kappa shape index (κ2) is 11.0. The molecular formula is C25H28N2O5S. The summed E-state index contributed by atoms with van der Waals surface area (Å²) in [4.78, 5) is 38.3. The molecule has 1 N–H and O–H groups in total. The number of ether oxygens (including phenoxy) is 2. The average Bonchev–Trinajstić information content (AvgIpc) is 3.05. The van der Waals surface area contributed by atoms with Crippen LogP contribution in [0.1, 0.15) is 44.7 Å². The molecule has 0 bridgehead atoms. The molecule has 33 heavy (non-hydrogen) atoms. The van der Waals surface area contributed by atoms with Crippen LogP contribution >= 0.6 is 11.8 Å². The average molecular weight is 469 g/mol. The Kier molecular flexibility index (Phi) is 8.16. The SMILES string of the molecule is CCOc1cc(/C=C2/SC(=O)N(CC)C2=O)ccc1OCC(=O)Nc1ccccc1C(C)C. The molecule has 1 fully saturated rings. The maximum atomic E-state index is 12.5. The smallest absolute Gasteiger partial charge is 0.293 e. The summed E-state index contributed by atoms with van der Waals surface area (Å²) < 4.78 is 11.4. The number of rotatable bonds is 9. The number of para-hydroxylation sites is 1. The quantitative estimate of drug-likeness (QED) is 0.504. The highest BCUT2D eigenvalue weighted by molar-refractivity contribution is 8.18. The molecule has 1 aliphatic rings. The van der Waals surface area contributed by atoms with Gasteiger partial charge >= 0.3 is 0 Å². The first kappa shape index (κ1) is 24.4. The number of nitrogens with one attached hydrogen (secondary N) is 1. The summed E-state index contributed by atoms with van der Waals surface area (Å²) >= 11 is 0.916. The first-order valence-electron chi connectivity index (χ1n) is 10.9. The van der Waals surface area contributed by atoms with Gasteiger partial charge in [-0.2, -0.15) is 0 Å². The Balaban J connectivity index is 1.71.